The number of fused-ring (bicyclic) bond motifs is 1. The summed E-state index contributed by atoms with van der Waals surface area (Å²) in [6.45, 7) is 1.15. The summed E-state index contributed by atoms with van der Waals surface area (Å²) < 4.78 is 26.9. The van der Waals surface area contributed by atoms with Gasteiger partial charge in [0.2, 0.25) is 10.0 Å². The molecule has 0 fully saturated rings. The van der Waals surface area contributed by atoms with Crippen LogP contribution < -0.4 is 10.5 Å². The molecule has 1 aromatic carbocycles. The first-order valence-electron chi connectivity index (χ1n) is 6.95. The molecule has 0 saturated carbocycles. The average molecular weight is 282 g/mol. The number of rotatable bonds is 7. The molecule has 3 N–H and O–H groups in total. The van der Waals surface area contributed by atoms with Gasteiger partial charge < -0.3 is 5.73 Å². The Labute approximate surface area is 115 Å². The van der Waals surface area contributed by atoms with Gasteiger partial charge in [-0.1, -0.05) is 12.5 Å². The van der Waals surface area contributed by atoms with E-state index in [1.54, 1.807) is 6.07 Å². The van der Waals surface area contributed by atoms with E-state index in [4.69, 9.17) is 5.73 Å². The van der Waals surface area contributed by atoms with Gasteiger partial charge in [-0.2, -0.15) is 0 Å². The van der Waals surface area contributed by atoms with Crippen LogP contribution in [-0.4, -0.2) is 21.5 Å². The Balaban J connectivity index is 1.95. The van der Waals surface area contributed by atoms with E-state index in [-0.39, 0.29) is 0 Å². The first-order valence-corrected chi connectivity index (χ1v) is 8.43. The largest absolute Gasteiger partial charge is 0.330 e. The molecule has 0 bridgehead atoms. The lowest BCUT2D eigenvalue weighted by molar-refractivity contribution is 0.575. The van der Waals surface area contributed by atoms with Crippen LogP contribution in [0.1, 0.15) is 36.8 Å². The van der Waals surface area contributed by atoms with Gasteiger partial charge in [0.25, 0.3) is 0 Å². The molecule has 0 radical (unpaired) electrons. The SMILES string of the molecule is NCCCCCNS(=O)(=O)c1ccc2c(c1)CCC2. The van der Waals surface area contributed by atoms with E-state index in [2.05, 4.69) is 4.72 Å². The van der Waals surface area contributed by atoms with Crippen molar-refractivity contribution < 1.29 is 8.42 Å². The van der Waals surface area contributed by atoms with Gasteiger partial charge in [-0.15, -0.1) is 0 Å². The minimum absolute atomic E-state index is 0.395. The van der Waals surface area contributed by atoms with Crippen molar-refractivity contribution in [2.75, 3.05) is 13.1 Å². The molecule has 5 heteroatoms. The van der Waals surface area contributed by atoms with E-state index in [1.165, 1.54) is 11.1 Å². The van der Waals surface area contributed by atoms with Gasteiger partial charge in [0.15, 0.2) is 0 Å². The highest BCUT2D eigenvalue weighted by atomic mass is 32.2. The molecule has 4 nitrogen and oxygen atoms in total. The summed E-state index contributed by atoms with van der Waals surface area (Å²) in [7, 11) is -3.35. The minimum atomic E-state index is -3.35. The van der Waals surface area contributed by atoms with Gasteiger partial charge in [-0.3, -0.25) is 0 Å². The lowest BCUT2D eigenvalue weighted by Crippen LogP contribution is -2.25. The summed E-state index contributed by atoms with van der Waals surface area (Å²) >= 11 is 0. The van der Waals surface area contributed by atoms with Gasteiger partial charge >= 0.3 is 0 Å². The molecule has 0 unspecified atom stereocenters. The second-order valence-electron chi connectivity index (χ2n) is 5.03. The lowest BCUT2D eigenvalue weighted by atomic mass is 10.1. The van der Waals surface area contributed by atoms with Crippen molar-refractivity contribution in [3.05, 3.63) is 29.3 Å². The molecule has 0 atom stereocenters. The number of benzene rings is 1. The molecule has 0 saturated heterocycles. The molecule has 1 aliphatic rings. The van der Waals surface area contributed by atoms with Gasteiger partial charge in [0.1, 0.15) is 0 Å². The normalized spacial score (nSPS) is 14.6. The quantitative estimate of drug-likeness (QED) is 0.746. The second-order valence-corrected chi connectivity index (χ2v) is 6.80. The number of hydrogen-bond donors (Lipinski definition) is 2. The summed E-state index contributed by atoms with van der Waals surface area (Å²) in [6.07, 6.45) is 5.94. The molecule has 2 rings (SSSR count). The van der Waals surface area contributed by atoms with Crippen LogP contribution in [0.2, 0.25) is 0 Å². The Morgan fingerprint density at radius 1 is 1.11 bits per heavy atom. The number of nitrogens with two attached hydrogens (primary N) is 1. The standard InChI is InChI=1S/C14H22N2O2S/c15-9-2-1-3-10-16-19(17,18)14-8-7-12-5-4-6-13(12)11-14/h7-8,11,16H,1-6,9-10,15H2. The molecular formula is C14H22N2O2S. The maximum atomic E-state index is 12.1. The van der Waals surface area contributed by atoms with Crippen molar-refractivity contribution in [1.29, 1.82) is 0 Å². The smallest absolute Gasteiger partial charge is 0.240 e. The third-order valence-electron chi connectivity index (χ3n) is 3.55. The zero-order valence-corrected chi connectivity index (χ0v) is 12.0. The zero-order chi connectivity index (χ0) is 13.7. The van der Waals surface area contributed by atoms with Crippen molar-refractivity contribution >= 4 is 10.0 Å². The molecule has 0 aliphatic heterocycles. The van der Waals surface area contributed by atoms with Gasteiger partial charge in [0, 0.05) is 6.54 Å². The highest BCUT2D eigenvalue weighted by Gasteiger charge is 2.17. The lowest BCUT2D eigenvalue weighted by Gasteiger charge is -2.08. The second kappa shape index (κ2) is 6.50. The van der Waals surface area contributed by atoms with E-state index in [1.807, 2.05) is 12.1 Å². The number of nitrogens with one attached hydrogen (secondary N) is 1. The number of sulfonamides is 1. The van der Waals surface area contributed by atoms with E-state index in [0.29, 0.717) is 18.0 Å². The summed E-state index contributed by atoms with van der Waals surface area (Å²) in [5.74, 6) is 0. The van der Waals surface area contributed by atoms with Crippen LogP contribution >= 0.6 is 0 Å². The third-order valence-corrected chi connectivity index (χ3v) is 5.01. The van der Waals surface area contributed by atoms with Crippen molar-refractivity contribution in [1.82, 2.24) is 4.72 Å². The van der Waals surface area contributed by atoms with Crippen LogP contribution in [-0.2, 0) is 22.9 Å². The fraction of sp³-hybridized carbons (Fsp3) is 0.571. The van der Waals surface area contributed by atoms with Crippen molar-refractivity contribution in [2.45, 2.75) is 43.4 Å². The number of aryl methyl sites for hydroxylation is 2. The Morgan fingerprint density at radius 2 is 1.89 bits per heavy atom. The first-order chi connectivity index (χ1) is 9.13. The molecular weight excluding hydrogens is 260 g/mol. The van der Waals surface area contributed by atoms with E-state index < -0.39 is 10.0 Å². The molecule has 1 aromatic rings. The maximum Gasteiger partial charge on any atom is 0.240 e. The van der Waals surface area contributed by atoms with Crippen LogP contribution in [0.5, 0.6) is 0 Å². The monoisotopic (exact) mass is 282 g/mol. The molecule has 19 heavy (non-hydrogen) atoms. The molecule has 0 aromatic heterocycles. The Hall–Kier alpha value is -0.910. The highest BCUT2D eigenvalue weighted by molar-refractivity contribution is 7.89. The van der Waals surface area contributed by atoms with Gasteiger partial charge in [-0.05, 0) is 61.9 Å². The van der Waals surface area contributed by atoms with Crippen LogP contribution in [0.15, 0.2) is 23.1 Å². The van der Waals surface area contributed by atoms with Crippen LogP contribution in [0.25, 0.3) is 0 Å². The molecule has 0 amide bonds. The average Bonchev–Trinajstić information content (AvgIpc) is 2.85. The topological polar surface area (TPSA) is 72.2 Å². The Morgan fingerprint density at radius 3 is 2.68 bits per heavy atom. The number of unbranched alkanes of at least 4 members (excludes halogenated alkanes) is 2. The highest BCUT2D eigenvalue weighted by Crippen LogP contribution is 2.24. The van der Waals surface area contributed by atoms with Crippen molar-refractivity contribution in [3.63, 3.8) is 0 Å². The van der Waals surface area contributed by atoms with Gasteiger partial charge in [-0.25, -0.2) is 13.1 Å². The maximum absolute atomic E-state index is 12.1. The first kappa shape index (κ1) is 14.5. The predicted molar refractivity (Wildman–Crippen MR) is 76.6 cm³/mol. The van der Waals surface area contributed by atoms with Gasteiger partial charge in [0.05, 0.1) is 4.90 Å². The van der Waals surface area contributed by atoms with Crippen LogP contribution in [0, 0.1) is 0 Å². The molecule has 1 aliphatic carbocycles. The summed E-state index contributed by atoms with van der Waals surface area (Å²) in [6, 6.07) is 5.49. The summed E-state index contributed by atoms with van der Waals surface area (Å²) in [5.41, 5.74) is 7.88. The Kier molecular flexibility index (Phi) is 4.96. The van der Waals surface area contributed by atoms with E-state index in [9.17, 15) is 8.42 Å². The van der Waals surface area contributed by atoms with E-state index in [0.717, 1.165) is 38.5 Å². The minimum Gasteiger partial charge on any atom is -0.330 e. The summed E-state index contributed by atoms with van der Waals surface area (Å²) in [4.78, 5) is 0.395. The number of hydrogen-bond acceptors (Lipinski definition) is 3. The molecule has 0 heterocycles. The fourth-order valence-electron chi connectivity index (χ4n) is 2.45. The zero-order valence-electron chi connectivity index (χ0n) is 11.2. The van der Waals surface area contributed by atoms with Crippen LogP contribution in [0.3, 0.4) is 0 Å². The molecule has 0 spiro atoms. The van der Waals surface area contributed by atoms with Crippen molar-refractivity contribution in [2.24, 2.45) is 5.73 Å². The third kappa shape index (κ3) is 3.78. The summed E-state index contributed by atoms with van der Waals surface area (Å²) in [5, 5.41) is 0. The van der Waals surface area contributed by atoms with E-state index >= 15 is 0 Å². The Bertz CT molecular complexity index is 526. The molecule has 106 valence electrons. The fourth-order valence-corrected chi connectivity index (χ4v) is 3.58. The predicted octanol–water partition coefficient (Wildman–Crippen LogP) is 1.58. The van der Waals surface area contributed by atoms with Crippen molar-refractivity contribution in [3.8, 4) is 0 Å². The van der Waals surface area contributed by atoms with Crippen LogP contribution in [0.4, 0.5) is 0 Å².